The van der Waals surface area contributed by atoms with Crippen LogP contribution in [0.3, 0.4) is 0 Å². The van der Waals surface area contributed by atoms with E-state index < -0.39 is 13.7 Å². The number of aryl methyl sites for hydroxylation is 1. The minimum absolute atomic E-state index is 0.269. The zero-order valence-electron chi connectivity index (χ0n) is 27.1. The number of benzene rings is 2. The summed E-state index contributed by atoms with van der Waals surface area (Å²) in [6, 6.07) is 6.42. The number of piperazine rings is 1. The number of nitrogens with one attached hydrogen (secondary N) is 2. The minimum atomic E-state index is -0.642. The second kappa shape index (κ2) is 14.3. The molecule has 2 saturated heterocycles. The van der Waals surface area contributed by atoms with E-state index in [-0.39, 0.29) is 5.52 Å². The summed E-state index contributed by atoms with van der Waals surface area (Å²) < 4.78 is 21.6. The van der Waals surface area contributed by atoms with E-state index in [4.69, 9.17) is 9.72 Å². The van der Waals surface area contributed by atoms with Crippen LogP contribution in [0.15, 0.2) is 41.3 Å². The van der Waals surface area contributed by atoms with Crippen molar-refractivity contribution < 1.29 is 9.13 Å². The van der Waals surface area contributed by atoms with Crippen molar-refractivity contribution in [2.75, 3.05) is 82.3 Å². The molecule has 244 valence electrons. The van der Waals surface area contributed by atoms with E-state index in [2.05, 4.69) is 95.6 Å². The molecular weight excluding hydrogens is 668 g/mol. The first-order valence-electron chi connectivity index (χ1n) is 15.8. The zero-order valence-corrected chi connectivity index (χ0v) is 29.6. The molecule has 4 aromatic rings. The summed E-state index contributed by atoms with van der Waals surface area (Å²) in [6.45, 7) is 13.1. The summed E-state index contributed by atoms with van der Waals surface area (Å²) in [5.74, 6) is 1.20. The first kappa shape index (κ1) is 32.7. The molecule has 0 amide bonds. The highest BCUT2D eigenvalue weighted by Gasteiger charge is 2.28. The van der Waals surface area contributed by atoms with Crippen molar-refractivity contribution in [3.05, 3.63) is 52.6 Å². The lowest BCUT2D eigenvalue weighted by Crippen LogP contribution is -2.52. The Balaban J connectivity index is 1.23. The molecule has 2 aromatic carbocycles. The monoisotopic (exact) mass is 709 g/mol. The highest BCUT2D eigenvalue weighted by molar-refractivity contribution is 9.10. The summed E-state index contributed by atoms with van der Waals surface area (Å²) in [5.41, 5.74) is 4.70. The van der Waals surface area contributed by atoms with E-state index in [1.165, 1.54) is 49.4 Å². The summed E-state index contributed by atoms with van der Waals surface area (Å²) in [6.07, 6.45) is 8.02. The molecule has 2 fully saturated rings. The van der Waals surface area contributed by atoms with Gasteiger partial charge >= 0.3 is 0 Å². The number of rotatable bonds is 9. The van der Waals surface area contributed by atoms with Gasteiger partial charge in [-0.1, -0.05) is 14.8 Å². The largest absolute Gasteiger partial charge is 0.494 e. The zero-order chi connectivity index (χ0) is 32.4. The molecule has 13 heteroatoms. The van der Waals surface area contributed by atoms with Gasteiger partial charge in [0.1, 0.15) is 22.6 Å². The van der Waals surface area contributed by atoms with Crippen molar-refractivity contribution in [3.63, 3.8) is 0 Å². The van der Waals surface area contributed by atoms with Crippen LogP contribution in [0.1, 0.15) is 25.3 Å². The molecule has 0 aliphatic carbocycles. The lowest BCUT2D eigenvalue weighted by atomic mass is 9.99. The SMILES string of the molecule is CCc1cc(Nc2ncc(Br)c(Nc3cc(F)c4nccnc4c3P(C)C)n2)c(OC)cc1N1CCC(N2CCN(C)CC2)CC1. The van der Waals surface area contributed by atoms with Gasteiger partial charge in [0.2, 0.25) is 5.95 Å². The van der Waals surface area contributed by atoms with Gasteiger partial charge in [0.15, 0.2) is 5.82 Å². The fourth-order valence-electron chi connectivity index (χ4n) is 6.51. The first-order valence-corrected chi connectivity index (χ1v) is 18.8. The molecule has 2 aliphatic rings. The van der Waals surface area contributed by atoms with E-state index in [0.717, 1.165) is 49.3 Å². The molecule has 2 aromatic heterocycles. The average Bonchev–Trinajstić information content (AvgIpc) is 3.06. The summed E-state index contributed by atoms with van der Waals surface area (Å²) in [7, 11) is 3.26. The van der Waals surface area contributed by atoms with Gasteiger partial charge in [0.25, 0.3) is 0 Å². The molecule has 0 bridgehead atoms. The quantitative estimate of drug-likeness (QED) is 0.203. The smallest absolute Gasteiger partial charge is 0.229 e. The van der Waals surface area contributed by atoms with Gasteiger partial charge < -0.3 is 25.2 Å². The normalized spacial score (nSPS) is 16.7. The number of fused-ring (bicyclic) bond motifs is 1. The number of hydrogen-bond donors (Lipinski definition) is 2. The number of halogens is 2. The van der Waals surface area contributed by atoms with E-state index in [0.29, 0.717) is 33.5 Å². The van der Waals surface area contributed by atoms with Crippen molar-refractivity contribution in [3.8, 4) is 5.75 Å². The van der Waals surface area contributed by atoms with Gasteiger partial charge in [-0.3, -0.25) is 9.88 Å². The molecule has 2 N–H and O–H groups in total. The summed E-state index contributed by atoms with van der Waals surface area (Å²) in [4.78, 5) is 25.6. The van der Waals surface area contributed by atoms with Gasteiger partial charge in [-0.25, -0.2) is 14.4 Å². The van der Waals surface area contributed by atoms with Crippen molar-refractivity contribution >= 4 is 69.0 Å². The molecule has 0 saturated carbocycles. The maximum Gasteiger partial charge on any atom is 0.229 e. The maximum atomic E-state index is 15.1. The maximum absolute atomic E-state index is 15.1. The van der Waals surface area contributed by atoms with Gasteiger partial charge in [-0.15, -0.1) is 0 Å². The van der Waals surface area contributed by atoms with Crippen LogP contribution in [0.2, 0.25) is 0 Å². The van der Waals surface area contributed by atoms with Gasteiger partial charge in [0, 0.05) is 87.0 Å². The fraction of sp³-hybridized carbons (Fsp3) is 0.455. The van der Waals surface area contributed by atoms with Crippen LogP contribution >= 0.6 is 23.9 Å². The predicted octanol–water partition coefficient (Wildman–Crippen LogP) is 5.96. The second-order valence-electron chi connectivity index (χ2n) is 12.1. The van der Waals surface area contributed by atoms with Crippen LogP contribution in [-0.4, -0.2) is 103 Å². The minimum Gasteiger partial charge on any atom is -0.494 e. The Bertz CT molecular complexity index is 1690. The molecule has 0 spiro atoms. The third-order valence-corrected chi connectivity index (χ3v) is 10.9. The predicted molar refractivity (Wildman–Crippen MR) is 191 cm³/mol. The third-order valence-electron chi connectivity index (χ3n) is 9.01. The lowest BCUT2D eigenvalue weighted by molar-refractivity contribution is 0.0982. The number of ether oxygens (including phenoxy) is 1. The number of hydrogen-bond acceptors (Lipinski definition) is 10. The van der Waals surface area contributed by atoms with Crippen LogP contribution in [0.5, 0.6) is 5.75 Å². The fourth-order valence-corrected chi connectivity index (χ4v) is 7.98. The Morgan fingerprint density at radius 1 is 0.957 bits per heavy atom. The third kappa shape index (κ3) is 6.90. The number of anilines is 5. The molecule has 2 aliphatic heterocycles. The summed E-state index contributed by atoms with van der Waals surface area (Å²) in [5, 5.41) is 7.65. The number of piperidine rings is 1. The average molecular weight is 711 g/mol. The lowest BCUT2D eigenvalue weighted by Gasteiger charge is -2.43. The summed E-state index contributed by atoms with van der Waals surface area (Å²) >= 11 is 3.57. The molecule has 0 unspecified atom stereocenters. The van der Waals surface area contributed by atoms with E-state index in [9.17, 15) is 0 Å². The Kier molecular flexibility index (Phi) is 10.2. The van der Waals surface area contributed by atoms with Crippen LogP contribution in [0.4, 0.5) is 33.2 Å². The number of nitrogens with zero attached hydrogens (tertiary/aromatic N) is 7. The number of likely N-dealkylation sites (N-methyl/N-ethyl adjacent to an activating group) is 1. The van der Waals surface area contributed by atoms with Gasteiger partial charge in [-0.2, -0.15) is 4.98 Å². The molecule has 46 heavy (non-hydrogen) atoms. The highest BCUT2D eigenvalue weighted by Crippen LogP contribution is 2.38. The Morgan fingerprint density at radius 3 is 2.35 bits per heavy atom. The van der Waals surface area contributed by atoms with Gasteiger partial charge in [-0.05, 0) is 67.2 Å². The molecule has 6 rings (SSSR count). The topological polar surface area (TPSA) is 94.6 Å². The number of methoxy groups -OCH3 is 1. The second-order valence-corrected chi connectivity index (χ2v) is 15.2. The molecule has 4 heterocycles. The standard InChI is InChI=1S/C33H42BrFN9OP/c1-6-21-17-25(28(45-3)19-27(21)44-11-7-22(8-12-44)43-15-13-42(2)14-16-43)40-33-38-20-23(34)32(41-33)39-26-18-24(35)29-30(31(26)46(4)5)37-10-9-36-29/h9-10,17-20,22H,6-8,11-16H2,1-5H3,(H2,38,39,40,41). The first-order chi connectivity index (χ1) is 22.2. The van der Waals surface area contributed by atoms with Crippen LogP contribution in [0, 0.1) is 5.82 Å². The molecule has 0 radical (unpaired) electrons. The van der Waals surface area contributed by atoms with Crippen molar-refractivity contribution in [1.82, 2.24) is 29.7 Å². The van der Waals surface area contributed by atoms with Crippen molar-refractivity contribution in [1.29, 1.82) is 0 Å². The Labute approximate surface area is 280 Å². The molecule has 10 nitrogen and oxygen atoms in total. The Hall–Kier alpha value is -3.18. The van der Waals surface area contributed by atoms with E-state index in [1.807, 2.05) is 0 Å². The van der Waals surface area contributed by atoms with Crippen LogP contribution in [0.25, 0.3) is 11.0 Å². The van der Waals surface area contributed by atoms with Gasteiger partial charge in [0.05, 0.1) is 23.0 Å². The van der Waals surface area contributed by atoms with Crippen LogP contribution in [-0.2, 0) is 6.42 Å². The van der Waals surface area contributed by atoms with E-state index in [1.54, 1.807) is 19.5 Å². The highest BCUT2D eigenvalue weighted by atomic mass is 79.9. The van der Waals surface area contributed by atoms with Crippen LogP contribution < -0.4 is 25.6 Å². The Morgan fingerprint density at radius 2 is 1.67 bits per heavy atom. The molecule has 0 atom stereocenters. The van der Waals surface area contributed by atoms with Crippen molar-refractivity contribution in [2.45, 2.75) is 32.2 Å². The number of aromatic nitrogens is 4. The molecular formula is C33H42BrFN9OP. The van der Waals surface area contributed by atoms with Crippen molar-refractivity contribution in [2.24, 2.45) is 0 Å². The van der Waals surface area contributed by atoms with E-state index >= 15 is 4.39 Å².